The number of phenolic OH excluding ortho intramolecular Hbond substituents is 5. The number of hydrogen-bond acceptors (Lipinski definition) is 23. The van der Waals surface area contributed by atoms with Gasteiger partial charge < -0.3 is 115 Å². The zero-order valence-corrected chi connectivity index (χ0v) is 41.5. The Labute approximate surface area is 449 Å². The number of phenols is 5. The van der Waals surface area contributed by atoms with Gasteiger partial charge in [-0.3, -0.25) is 9.59 Å². The number of nitrogens with one attached hydrogen (secondary N) is 2. The summed E-state index contributed by atoms with van der Waals surface area (Å²) < 4.78 is 44.4. The van der Waals surface area contributed by atoms with E-state index in [0.717, 1.165) is 0 Å². The number of aromatic hydroxyl groups is 5. The Morgan fingerprint density at radius 2 is 0.734 bits per heavy atom. The Morgan fingerprint density at radius 1 is 0.380 bits per heavy atom. The van der Waals surface area contributed by atoms with Crippen LogP contribution in [0, 0.1) is 0 Å². The number of rotatable bonds is 20. The van der Waals surface area contributed by atoms with E-state index in [1.165, 1.54) is 54.6 Å². The Hall–Kier alpha value is -8.34. The van der Waals surface area contributed by atoms with E-state index in [1.807, 2.05) is 0 Å². The molecule has 8 rings (SSSR count). The van der Waals surface area contributed by atoms with Gasteiger partial charge in [0, 0.05) is 0 Å². The molecule has 2 fully saturated rings. The summed E-state index contributed by atoms with van der Waals surface area (Å²) in [5.41, 5.74) is 0.420. The van der Waals surface area contributed by atoms with Gasteiger partial charge in [-0.2, -0.15) is 0 Å². The van der Waals surface area contributed by atoms with Crippen LogP contribution in [-0.4, -0.2) is 179 Å². The van der Waals surface area contributed by atoms with Crippen molar-refractivity contribution in [3.05, 3.63) is 139 Å². The monoisotopic (exact) mass is 1100 g/mol. The molecule has 10 atom stereocenters. The van der Waals surface area contributed by atoms with Crippen LogP contribution < -0.4 is 39.1 Å². The van der Waals surface area contributed by atoms with Crippen LogP contribution in [0.15, 0.2) is 127 Å². The number of carbonyl (C=O) groups is 2. The highest BCUT2D eigenvalue weighted by Gasteiger charge is 2.44. The topological polar surface area (TPSA) is 395 Å². The van der Waals surface area contributed by atoms with Gasteiger partial charge in [0.1, 0.15) is 100.0 Å². The van der Waals surface area contributed by atoms with Gasteiger partial charge in [-0.05, 0) is 72.8 Å². The lowest BCUT2D eigenvalue weighted by atomic mass is 9.99. The van der Waals surface area contributed by atoms with Crippen molar-refractivity contribution in [3.63, 3.8) is 0 Å². The Balaban J connectivity index is 0.000000229. The Kier molecular flexibility index (Phi) is 20.2. The fourth-order valence-corrected chi connectivity index (χ4v) is 7.73. The van der Waals surface area contributed by atoms with Gasteiger partial charge in [-0.1, -0.05) is 54.6 Å². The number of amides is 2. The van der Waals surface area contributed by atoms with Crippen molar-refractivity contribution in [2.45, 2.75) is 61.4 Å². The summed E-state index contributed by atoms with van der Waals surface area (Å²) in [4.78, 5) is 25.2. The van der Waals surface area contributed by atoms with Crippen LogP contribution in [0.25, 0.3) is 0 Å². The zero-order chi connectivity index (χ0) is 56.8. The van der Waals surface area contributed by atoms with Crippen molar-refractivity contribution in [3.8, 4) is 63.2 Å². The maximum Gasteiger partial charge on any atom is 0.259 e. The van der Waals surface area contributed by atoms with Crippen molar-refractivity contribution in [1.82, 2.24) is 0 Å². The number of para-hydroxylation sites is 9. The van der Waals surface area contributed by atoms with E-state index in [-0.39, 0.29) is 61.4 Å². The average molecular weight is 1100 g/mol. The predicted molar refractivity (Wildman–Crippen MR) is 274 cm³/mol. The molecule has 0 radical (unpaired) electrons. The molecule has 25 nitrogen and oxygen atoms in total. The molecule has 2 saturated heterocycles. The second kappa shape index (κ2) is 27.3. The number of carbonyl (C=O) groups excluding carboxylic acids is 2. The van der Waals surface area contributed by atoms with Crippen molar-refractivity contribution in [1.29, 1.82) is 0 Å². The molecule has 2 unspecified atom stereocenters. The first kappa shape index (κ1) is 58.3. The minimum atomic E-state index is -1.73. The first-order chi connectivity index (χ1) is 37.9. The third-order valence-corrected chi connectivity index (χ3v) is 12.0. The first-order valence-corrected chi connectivity index (χ1v) is 24.2. The second-order valence-electron chi connectivity index (χ2n) is 17.4. The fraction of sp³-hybridized carbons (Fsp3) is 0.296. The van der Waals surface area contributed by atoms with Crippen LogP contribution in [0.5, 0.6) is 63.2 Å². The van der Waals surface area contributed by atoms with E-state index in [9.17, 15) is 76.0 Å². The number of aliphatic hydroxyl groups excluding tert-OH is 8. The molecule has 2 aliphatic rings. The third-order valence-electron chi connectivity index (χ3n) is 12.0. The number of hydrogen-bond donors (Lipinski definition) is 15. The van der Waals surface area contributed by atoms with Crippen molar-refractivity contribution >= 4 is 23.2 Å². The summed E-state index contributed by atoms with van der Waals surface area (Å²) in [6.45, 7) is -0.488. The van der Waals surface area contributed by atoms with Gasteiger partial charge >= 0.3 is 0 Å². The van der Waals surface area contributed by atoms with Gasteiger partial charge in [0.05, 0.1) is 22.5 Å². The fourth-order valence-electron chi connectivity index (χ4n) is 7.73. The first-order valence-electron chi connectivity index (χ1n) is 24.2. The van der Waals surface area contributed by atoms with E-state index >= 15 is 0 Å². The highest BCUT2D eigenvalue weighted by Crippen LogP contribution is 2.38. The number of aliphatic hydroxyl groups is 8. The number of benzene rings is 6. The molecular weight excluding hydrogens is 1040 g/mol. The van der Waals surface area contributed by atoms with Gasteiger partial charge in [0.15, 0.2) is 58.6 Å². The zero-order valence-electron chi connectivity index (χ0n) is 41.5. The molecule has 0 aliphatic carbocycles. The van der Waals surface area contributed by atoms with Crippen LogP contribution in [0.4, 0.5) is 11.4 Å². The van der Waals surface area contributed by atoms with Gasteiger partial charge in [-0.25, -0.2) is 0 Å². The second-order valence-corrected chi connectivity index (χ2v) is 17.4. The van der Waals surface area contributed by atoms with Crippen LogP contribution >= 0.6 is 0 Å². The molecule has 25 heteroatoms. The van der Waals surface area contributed by atoms with Gasteiger partial charge in [-0.15, -0.1) is 0 Å². The minimum Gasteiger partial charge on any atom is -0.504 e. The largest absolute Gasteiger partial charge is 0.504 e. The molecule has 0 saturated carbocycles. The number of anilines is 2. The maximum atomic E-state index is 12.6. The quantitative estimate of drug-likeness (QED) is 0.0382. The highest BCUT2D eigenvalue weighted by atomic mass is 16.7. The summed E-state index contributed by atoms with van der Waals surface area (Å²) in [7, 11) is 0. The van der Waals surface area contributed by atoms with Crippen LogP contribution in [0.1, 0.15) is 20.7 Å². The minimum absolute atomic E-state index is 0.0000779. The molecular formula is C54H58N2O23. The molecule has 2 heterocycles. The molecule has 0 spiro atoms. The smallest absolute Gasteiger partial charge is 0.259 e. The van der Waals surface area contributed by atoms with Crippen LogP contribution in [0.2, 0.25) is 0 Å². The normalized spacial score (nSPS) is 22.5. The molecule has 15 N–H and O–H groups in total. The van der Waals surface area contributed by atoms with E-state index in [1.54, 1.807) is 72.8 Å². The molecule has 0 aromatic heterocycles. The highest BCUT2D eigenvalue weighted by molar-refractivity contribution is 6.08. The van der Waals surface area contributed by atoms with E-state index in [2.05, 4.69) is 10.6 Å². The molecule has 6 aromatic carbocycles. The van der Waals surface area contributed by atoms with E-state index in [4.69, 9.17) is 37.9 Å². The van der Waals surface area contributed by atoms with Crippen LogP contribution in [0.3, 0.4) is 0 Å². The average Bonchev–Trinajstić information content (AvgIpc) is 3.46. The van der Waals surface area contributed by atoms with Gasteiger partial charge in [0.2, 0.25) is 5.75 Å². The van der Waals surface area contributed by atoms with Crippen LogP contribution in [-0.2, 0) is 9.47 Å². The summed E-state index contributed by atoms with van der Waals surface area (Å²) >= 11 is 0. The lowest BCUT2D eigenvalue weighted by Gasteiger charge is -2.38. The summed E-state index contributed by atoms with van der Waals surface area (Å²) in [6.07, 6.45) is -15.3. The van der Waals surface area contributed by atoms with Crippen molar-refractivity contribution in [2.24, 2.45) is 0 Å². The molecule has 0 bridgehead atoms. The molecule has 2 aliphatic heterocycles. The van der Waals surface area contributed by atoms with Crippen molar-refractivity contribution in [2.75, 3.05) is 50.3 Å². The third kappa shape index (κ3) is 14.8. The number of ether oxygens (including phenoxy) is 8. The van der Waals surface area contributed by atoms with E-state index in [0.29, 0.717) is 34.4 Å². The van der Waals surface area contributed by atoms with E-state index < -0.39 is 103 Å². The van der Waals surface area contributed by atoms with Crippen molar-refractivity contribution < 1.29 is 114 Å². The standard InChI is InChI=1S/C27H29NO12.C27H29NO11/c29-16-7-3-5-14(21(16)31)26(35)28-15-6-1-2-9-18(15)37-11-12-38-19-10-4-8-17(30)25(19)39-13-20-22(32)23(33)24(34)27(36)40-20;29-17-8-5-6-15(22(17)30)26(34)28-16-7-1-2-9-18(16)36-12-13-37-19-10-3-4-11-20(19)38-14-21-23(31)24(32)25(33)27(35)39-21/h1-10,20,22-24,27,29-34,36H,11-13H2,(H,28,35);1-11,21,23-25,27,29-33,35H,12-14H2,(H,28,34)/t20-,22-,23+,24-,27?;21-,23-,24+,25-,27?/m11/s1. The molecule has 422 valence electrons. The SMILES string of the molecule is O=C(Nc1ccccc1OCCOc1cccc(O)c1OC[C@H]1OC(O)[C@H](O)[C@@H](O)[C@@H]1O)c1cccc(O)c1O.O=C(Nc1ccccc1OCCOc1ccccc1OC[C@H]1OC(O)[C@H](O)[C@@H](O)[C@@H]1O)c1cccc(O)c1O. The molecule has 2 amide bonds. The Bertz CT molecular complexity index is 2980. The lowest BCUT2D eigenvalue weighted by molar-refractivity contribution is -0.285. The summed E-state index contributed by atoms with van der Waals surface area (Å²) in [5.74, 6) is -2.16. The molecule has 79 heavy (non-hydrogen) atoms. The molecule has 6 aromatic rings. The lowest BCUT2D eigenvalue weighted by Crippen LogP contribution is -2.58. The summed E-state index contributed by atoms with van der Waals surface area (Å²) in [5, 5.41) is 133. The Morgan fingerprint density at radius 3 is 1.20 bits per heavy atom. The van der Waals surface area contributed by atoms with Gasteiger partial charge in [0.25, 0.3) is 11.8 Å². The predicted octanol–water partition coefficient (Wildman–Crippen LogP) is 1.68. The maximum absolute atomic E-state index is 12.6. The summed E-state index contributed by atoms with van der Waals surface area (Å²) in [6, 6.07) is 32.4.